The maximum absolute atomic E-state index is 13.9. The van der Waals surface area contributed by atoms with Gasteiger partial charge in [-0.25, -0.2) is 4.39 Å². The molecule has 0 saturated heterocycles. The number of benzene rings is 2. The third-order valence-electron chi connectivity index (χ3n) is 3.03. The highest BCUT2D eigenvalue weighted by Crippen LogP contribution is 2.25. The lowest BCUT2D eigenvalue weighted by Gasteiger charge is -2.10. The van der Waals surface area contributed by atoms with Crippen molar-refractivity contribution in [3.63, 3.8) is 0 Å². The van der Waals surface area contributed by atoms with Crippen molar-refractivity contribution in [2.24, 2.45) is 0 Å². The Morgan fingerprint density at radius 2 is 1.83 bits per heavy atom. The minimum Gasteiger partial charge on any atom is -0.205 e. The van der Waals surface area contributed by atoms with Crippen molar-refractivity contribution < 1.29 is 4.39 Å². The second kappa shape index (κ2) is 5.41. The fraction of sp³-hybridized carbons (Fsp3) is 0.200. The minimum atomic E-state index is -0.324. The Balaban J connectivity index is 2.40. The molecule has 0 heterocycles. The second-order valence-electron chi connectivity index (χ2n) is 4.42. The summed E-state index contributed by atoms with van der Waals surface area (Å²) in [4.78, 5) is 0. The standard InChI is InChI=1S/C15H13BrClF/c1-9-6-10(2)13(16)8-12(9)7-11-4-3-5-14(17)15(11)18/h3-6,8H,7H2,1-2H3. The lowest BCUT2D eigenvalue weighted by molar-refractivity contribution is 0.614. The predicted octanol–water partition coefficient (Wildman–Crippen LogP) is 5.45. The number of hydrogen-bond acceptors (Lipinski definition) is 0. The van der Waals surface area contributed by atoms with Crippen LogP contribution in [-0.2, 0) is 6.42 Å². The molecule has 0 fully saturated rings. The Kier molecular flexibility index (Phi) is 4.08. The zero-order chi connectivity index (χ0) is 13.3. The van der Waals surface area contributed by atoms with Gasteiger partial charge in [0.25, 0.3) is 0 Å². The molecule has 2 rings (SSSR count). The van der Waals surface area contributed by atoms with E-state index in [1.54, 1.807) is 18.2 Å². The van der Waals surface area contributed by atoms with Crippen LogP contribution >= 0.6 is 27.5 Å². The van der Waals surface area contributed by atoms with Crippen molar-refractivity contribution in [3.05, 3.63) is 67.9 Å². The average molecular weight is 328 g/mol. The van der Waals surface area contributed by atoms with Crippen molar-refractivity contribution in [1.29, 1.82) is 0 Å². The molecule has 0 bridgehead atoms. The predicted molar refractivity (Wildman–Crippen MR) is 77.8 cm³/mol. The Bertz CT molecular complexity index is 593. The fourth-order valence-corrected chi connectivity index (χ4v) is 2.53. The fourth-order valence-electron chi connectivity index (χ4n) is 1.95. The van der Waals surface area contributed by atoms with Crippen molar-refractivity contribution in [2.45, 2.75) is 20.3 Å². The van der Waals surface area contributed by atoms with Crippen LogP contribution in [0.2, 0.25) is 5.02 Å². The summed E-state index contributed by atoms with van der Waals surface area (Å²) in [7, 11) is 0. The van der Waals surface area contributed by atoms with E-state index in [1.165, 1.54) is 5.56 Å². The summed E-state index contributed by atoms with van der Waals surface area (Å²) in [6, 6.07) is 9.26. The molecular formula is C15H13BrClF. The van der Waals surface area contributed by atoms with Crippen LogP contribution in [0.4, 0.5) is 4.39 Å². The summed E-state index contributed by atoms with van der Waals surface area (Å²) in [5.74, 6) is -0.324. The van der Waals surface area contributed by atoms with Gasteiger partial charge >= 0.3 is 0 Å². The smallest absolute Gasteiger partial charge is 0.145 e. The molecule has 0 radical (unpaired) electrons. The third kappa shape index (κ3) is 2.76. The maximum Gasteiger partial charge on any atom is 0.145 e. The SMILES string of the molecule is Cc1cc(C)c(Cc2cccc(Cl)c2F)cc1Br. The molecule has 2 aromatic carbocycles. The molecule has 0 aliphatic rings. The highest BCUT2D eigenvalue weighted by molar-refractivity contribution is 9.10. The van der Waals surface area contributed by atoms with Gasteiger partial charge in [-0.15, -0.1) is 0 Å². The molecule has 0 unspecified atom stereocenters. The van der Waals surface area contributed by atoms with E-state index in [9.17, 15) is 4.39 Å². The van der Waals surface area contributed by atoms with Crippen molar-refractivity contribution >= 4 is 27.5 Å². The molecular weight excluding hydrogens is 315 g/mol. The van der Waals surface area contributed by atoms with Crippen LogP contribution in [0.1, 0.15) is 22.3 Å². The van der Waals surface area contributed by atoms with Crippen LogP contribution in [0.3, 0.4) is 0 Å². The van der Waals surface area contributed by atoms with Crippen molar-refractivity contribution in [2.75, 3.05) is 0 Å². The number of halogens is 3. The molecule has 0 aliphatic heterocycles. The van der Waals surface area contributed by atoms with Crippen LogP contribution in [0.25, 0.3) is 0 Å². The number of hydrogen-bond donors (Lipinski definition) is 0. The molecule has 0 amide bonds. The van der Waals surface area contributed by atoms with Crippen molar-refractivity contribution in [3.8, 4) is 0 Å². The first-order valence-corrected chi connectivity index (χ1v) is 6.84. The monoisotopic (exact) mass is 326 g/mol. The van der Waals surface area contributed by atoms with Crippen LogP contribution in [-0.4, -0.2) is 0 Å². The molecule has 0 saturated carbocycles. The van der Waals surface area contributed by atoms with Gasteiger partial charge in [0.2, 0.25) is 0 Å². The Morgan fingerprint density at radius 3 is 2.56 bits per heavy atom. The minimum absolute atomic E-state index is 0.177. The lowest BCUT2D eigenvalue weighted by atomic mass is 9.98. The van der Waals surface area contributed by atoms with E-state index in [1.807, 2.05) is 19.9 Å². The molecule has 94 valence electrons. The Hall–Kier alpha value is -0.860. The normalized spacial score (nSPS) is 10.7. The van der Waals surface area contributed by atoms with Gasteiger partial charge in [-0.2, -0.15) is 0 Å². The summed E-state index contributed by atoms with van der Waals surface area (Å²) in [6.45, 7) is 4.08. The van der Waals surface area contributed by atoms with Gasteiger partial charge < -0.3 is 0 Å². The van der Waals surface area contributed by atoms with Gasteiger partial charge in [0.1, 0.15) is 5.82 Å². The molecule has 3 heteroatoms. The largest absolute Gasteiger partial charge is 0.205 e. The van der Waals surface area contributed by atoms with Crippen LogP contribution < -0.4 is 0 Å². The van der Waals surface area contributed by atoms with Crippen LogP contribution in [0, 0.1) is 19.7 Å². The first kappa shape index (κ1) is 13.6. The molecule has 0 aromatic heterocycles. The van der Waals surface area contributed by atoms with Gasteiger partial charge in [0.05, 0.1) is 5.02 Å². The molecule has 0 spiro atoms. The van der Waals surface area contributed by atoms with E-state index in [-0.39, 0.29) is 10.8 Å². The summed E-state index contributed by atoms with van der Waals surface area (Å²) in [6.07, 6.45) is 0.553. The number of rotatable bonds is 2. The number of aryl methyl sites for hydroxylation is 2. The molecule has 0 nitrogen and oxygen atoms in total. The highest BCUT2D eigenvalue weighted by atomic mass is 79.9. The molecule has 0 atom stereocenters. The zero-order valence-corrected chi connectivity index (χ0v) is 12.6. The molecule has 0 N–H and O–H groups in total. The first-order chi connectivity index (χ1) is 8.49. The summed E-state index contributed by atoms with van der Waals surface area (Å²) in [5, 5.41) is 0.177. The molecule has 18 heavy (non-hydrogen) atoms. The van der Waals surface area contributed by atoms with E-state index in [2.05, 4.69) is 22.0 Å². The van der Waals surface area contributed by atoms with Crippen molar-refractivity contribution in [1.82, 2.24) is 0 Å². The van der Waals surface area contributed by atoms with E-state index in [0.717, 1.165) is 15.6 Å². The second-order valence-corrected chi connectivity index (χ2v) is 5.68. The van der Waals surface area contributed by atoms with Gasteiger partial charge in [-0.3, -0.25) is 0 Å². The van der Waals surface area contributed by atoms with E-state index in [0.29, 0.717) is 12.0 Å². The highest BCUT2D eigenvalue weighted by Gasteiger charge is 2.09. The lowest BCUT2D eigenvalue weighted by Crippen LogP contribution is -1.97. The van der Waals surface area contributed by atoms with E-state index >= 15 is 0 Å². The maximum atomic E-state index is 13.9. The van der Waals surface area contributed by atoms with Crippen LogP contribution in [0.5, 0.6) is 0 Å². The summed E-state index contributed by atoms with van der Waals surface area (Å²) in [5.41, 5.74) is 4.08. The quantitative estimate of drug-likeness (QED) is 0.688. The first-order valence-electron chi connectivity index (χ1n) is 5.67. The molecule has 0 aliphatic carbocycles. The summed E-state index contributed by atoms with van der Waals surface area (Å²) < 4.78 is 14.9. The van der Waals surface area contributed by atoms with Crippen LogP contribution in [0.15, 0.2) is 34.8 Å². The van der Waals surface area contributed by atoms with E-state index < -0.39 is 0 Å². The van der Waals surface area contributed by atoms with Gasteiger partial charge in [0.15, 0.2) is 0 Å². The van der Waals surface area contributed by atoms with Gasteiger partial charge in [-0.05, 0) is 48.2 Å². The third-order valence-corrected chi connectivity index (χ3v) is 4.18. The average Bonchev–Trinajstić information content (AvgIpc) is 2.32. The zero-order valence-electron chi connectivity index (χ0n) is 10.2. The Morgan fingerprint density at radius 1 is 1.11 bits per heavy atom. The topological polar surface area (TPSA) is 0 Å². The van der Waals surface area contributed by atoms with Gasteiger partial charge in [0, 0.05) is 10.9 Å². The summed E-state index contributed by atoms with van der Waals surface area (Å²) >= 11 is 9.30. The van der Waals surface area contributed by atoms with Gasteiger partial charge in [-0.1, -0.05) is 45.7 Å². The van der Waals surface area contributed by atoms with E-state index in [4.69, 9.17) is 11.6 Å². The Labute approximate surface area is 120 Å². The molecule has 2 aromatic rings.